The number of hydrogen-bond acceptors (Lipinski definition) is 3. The Bertz CT molecular complexity index is 549. The van der Waals surface area contributed by atoms with Gasteiger partial charge in [0.1, 0.15) is 5.82 Å². The van der Waals surface area contributed by atoms with Crippen LogP contribution < -0.4 is 4.72 Å². The Morgan fingerprint density at radius 2 is 1.95 bits per heavy atom. The number of rotatable bonds is 4. The molecule has 1 rings (SSSR count). The third-order valence-corrected chi connectivity index (χ3v) is 4.67. The molecule has 0 aliphatic carbocycles. The molecule has 1 aromatic carbocycles. The summed E-state index contributed by atoms with van der Waals surface area (Å²) in [5, 5.41) is 8.96. The van der Waals surface area contributed by atoms with Gasteiger partial charge in [-0.05, 0) is 30.5 Å². The fraction of sp³-hybridized carbons (Fsp3) is 0.538. The van der Waals surface area contributed by atoms with Crippen LogP contribution in [0.2, 0.25) is 0 Å². The van der Waals surface area contributed by atoms with Crippen molar-refractivity contribution in [3.05, 3.63) is 29.6 Å². The number of benzene rings is 1. The predicted octanol–water partition coefficient (Wildman–Crippen LogP) is 2.03. The minimum atomic E-state index is -3.72. The molecular formula is C13H20FNO3S. The molecule has 0 amide bonds. The zero-order valence-corrected chi connectivity index (χ0v) is 12.4. The second kappa shape index (κ2) is 5.56. The van der Waals surface area contributed by atoms with Gasteiger partial charge >= 0.3 is 0 Å². The van der Waals surface area contributed by atoms with Gasteiger partial charge < -0.3 is 5.11 Å². The molecule has 1 aromatic rings. The van der Waals surface area contributed by atoms with Crippen molar-refractivity contribution in [3.8, 4) is 0 Å². The van der Waals surface area contributed by atoms with E-state index in [0.717, 1.165) is 12.1 Å². The first-order valence-electron chi connectivity index (χ1n) is 5.99. The first kappa shape index (κ1) is 16.1. The molecule has 0 fully saturated rings. The largest absolute Gasteiger partial charge is 0.392 e. The number of halogens is 1. The highest BCUT2D eigenvalue weighted by atomic mass is 32.2. The van der Waals surface area contributed by atoms with Gasteiger partial charge in [-0.25, -0.2) is 17.5 Å². The number of hydrogen-bond donors (Lipinski definition) is 2. The maximum absolute atomic E-state index is 13.2. The number of aliphatic hydroxyl groups excluding tert-OH is 1. The Labute approximate surface area is 113 Å². The zero-order chi connectivity index (χ0) is 14.8. The topological polar surface area (TPSA) is 66.4 Å². The van der Waals surface area contributed by atoms with E-state index in [0.29, 0.717) is 0 Å². The monoisotopic (exact) mass is 289 g/mol. The van der Waals surface area contributed by atoms with Gasteiger partial charge in [0.2, 0.25) is 10.0 Å². The number of nitrogens with one attached hydrogen (secondary N) is 1. The van der Waals surface area contributed by atoms with Gasteiger partial charge in [0.25, 0.3) is 0 Å². The van der Waals surface area contributed by atoms with Crippen molar-refractivity contribution in [2.75, 3.05) is 0 Å². The van der Waals surface area contributed by atoms with E-state index in [1.54, 1.807) is 6.92 Å². The lowest BCUT2D eigenvalue weighted by atomic mass is 9.89. The Hall–Kier alpha value is -0.980. The lowest BCUT2D eigenvalue weighted by Gasteiger charge is -2.27. The molecule has 0 heterocycles. The molecule has 0 aromatic heterocycles. The van der Waals surface area contributed by atoms with Crippen molar-refractivity contribution in [3.63, 3.8) is 0 Å². The lowest BCUT2D eigenvalue weighted by Crippen LogP contribution is -2.41. The van der Waals surface area contributed by atoms with E-state index >= 15 is 0 Å². The summed E-state index contributed by atoms with van der Waals surface area (Å²) in [5.41, 5.74) is -0.265. The third-order valence-electron chi connectivity index (χ3n) is 3.13. The maximum atomic E-state index is 13.2. The molecule has 0 saturated carbocycles. The second-order valence-electron chi connectivity index (χ2n) is 5.62. The molecule has 6 heteroatoms. The molecule has 1 atom stereocenters. The maximum Gasteiger partial charge on any atom is 0.240 e. The summed E-state index contributed by atoms with van der Waals surface area (Å²) in [6, 6.07) is 3.10. The van der Waals surface area contributed by atoms with E-state index in [4.69, 9.17) is 5.11 Å². The van der Waals surface area contributed by atoms with Gasteiger partial charge in [-0.15, -0.1) is 0 Å². The van der Waals surface area contributed by atoms with Crippen molar-refractivity contribution in [2.24, 2.45) is 5.41 Å². The standard InChI is InChI=1S/C13H20FNO3S/c1-9(13(2,3)4)15-19(17,18)11-5-6-12(14)10(7-11)8-16/h5-7,9,15-16H,8H2,1-4H3. The summed E-state index contributed by atoms with van der Waals surface area (Å²) < 4.78 is 40.1. The summed E-state index contributed by atoms with van der Waals surface area (Å²) in [7, 11) is -3.72. The molecular weight excluding hydrogens is 269 g/mol. The first-order valence-corrected chi connectivity index (χ1v) is 7.48. The fourth-order valence-corrected chi connectivity index (χ4v) is 2.82. The van der Waals surface area contributed by atoms with Crippen LogP contribution in [-0.4, -0.2) is 19.6 Å². The molecule has 108 valence electrons. The van der Waals surface area contributed by atoms with E-state index in [1.807, 2.05) is 20.8 Å². The van der Waals surface area contributed by atoms with Gasteiger partial charge in [0.15, 0.2) is 0 Å². The van der Waals surface area contributed by atoms with E-state index in [1.165, 1.54) is 6.07 Å². The summed E-state index contributed by atoms with van der Waals surface area (Å²) in [6.07, 6.45) is 0. The van der Waals surface area contributed by atoms with Crippen molar-refractivity contribution in [1.82, 2.24) is 4.72 Å². The highest BCUT2D eigenvalue weighted by Crippen LogP contribution is 2.22. The smallest absolute Gasteiger partial charge is 0.240 e. The van der Waals surface area contributed by atoms with E-state index in [2.05, 4.69) is 4.72 Å². The summed E-state index contributed by atoms with van der Waals surface area (Å²) in [4.78, 5) is -0.0472. The molecule has 2 N–H and O–H groups in total. The van der Waals surface area contributed by atoms with Crippen LogP contribution in [0.3, 0.4) is 0 Å². The number of aliphatic hydroxyl groups is 1. The van der Waals surface area contributed by atoms with Crippen LogP contribution in [0.25, 0.3) is 0 Å². The molecule has 0 bridgehead atoms. The molecule has 1 unspecified atom stereocenters. The summed E-state index contributed by atoms with van der Waals surface area (Å²) in [6.45, 7) is 7.00. The van der Waals surface area contributed by atoms with Crippen LogP contribution in [0.5, 0.6) is 0 Å². The fourth-order valence-electron chi connectivity index (χ4n) is 1.32. The molecule has 0 radical (unpaired) electrons. The lowest BCUT2D eigenvalue weighted by molar-refractivity contribution is 0.275. The summed E-state index contributed by atoms with van der Waals surface area (Å²) in [5.74, 6) is -0.620. The van der Waals surface area contributed by atoms with Crippen molar-refractivity contribution < 1.29 is 17.9 Å². The quantitative estimate of drug-likeness (QED) is 0.891. The van der Waals surface area contributed by atoms with E-state index in [9.17, 15) is 12.8 Å². The average molecular weight is 289 g/mol. The Balaban J connectivity index is 3.08. The van der Waals surface area contributed by atoms with Gasteiger partial charge in [-0.3, -0.25) is 0 Å². The minimum absolute atomic E-state index is 0.0358. The normalized spacial score (nSPS) is 14.4. The van der Waals surface area contributed by atoms with Crippen LogP contribution in [0.4, 0.5) is 4.39 Å². The van der Waals surface area contributed by atoms with Crippen LogP contribution in [0, 0.1) is 11.2 Å². The second-order valence-corrected chi connectivity index (χ2v) is 7.33. The molecule has 0 saturated heterocycles. The molecule has 0 aliphatic rings. The number of sulfonamides is 1. The van der Waals surface area contributed by atoms with Gasteiger partial charge in [0.05, 0.1) is 11.5 Å². The Kier molecular flexibility index (Phi) is 4.71. The average Bonchev–Trinajstić information content (AvgIpc) is 2.27. The highest BCUT2D eigenvalue weighted by Gasteiger charge is 2.26. The van der Waals surface area contributed by atoms with Crippen molar-refractivity contribution in [2.45, 2.75) is 45.2 Å². The van der Waals surface area contributed by atoms with Crippen LogP contribution in [0.15, 0.2) is 23.1 Å². The molecule has 4 nitrogen and oxygen atoms in total. The van der Waals surface area contributed by atoms with Gasteiger partial charge in [-0.1, -0.05) is 20.8 Å². The van der Waals surface area contributed by atoms with Crippen LogP contribution >= 0.6 is 0 Å². The van der Waals surface area contributed by atoms with Gasteiger partial charge in [0, 0.05) is 11.6 Å². The van der Waals surface area contributed by atoms with Crippen LogP contribution in [0.1, 0.15) is 33.3 Å². The molecule has 0 aliphatic heterocycles. The Morgan fingerprint density at radius 1 is 1.37 bits per heavy atom. The van der Waals surface area contributed by atoms with E-state index in [-0.39, 0.29) is 21.9 Å². The predicted molar refractivity (Wildman–Crippen MR) is 71.6 cm³/mol. The molecule has 0 spiro atoms. The van der Waals surface area contributed by atoms with Crippen LogP contribution in [-0.2, 0) is 16.6 Å². The van der Waals surface area contributed by atoms with E-state index < -0.39 is 22.4 Å². The highest BCUT2D eigenvalue weighted by molar-refractivity contribution is 7.89. The minimum Gasteiger partial charge on any atom is -0.392 e. The zero-order valence-electron chi connectivity index (χ0n) is 11.6. The summed E-state index contributed by atoms with van der Waals surface area (Å²) >= 11 is 0. The van der Waals surface area contributed by atoms with Gasteiger partial charge in [-0.2, -0.15) is 0 Å². The third kappa shape index (κ3) is 3.99. The van der Waals surface area contributed by atoms with Crippen molar-refractivity contribution >= 4 is 10.0 Å². The SMILES string of the molecule is CC(NS(=O)(=O)c1ccc(F)c(CO)c1)C(C)(C)C. The Morgan fingerprint density at radius 3 is 2.42 bits per heavy atom. The first-order chi connectivity index (χ1) is 8.58. The molecule has 19 heavy (non-hydrogen) atoms. The van der Waals surface area contributed by atoms with Crippen molar-refractivity contribution in [1.29, 1.82) is 0 Å².